The number of ether oxygens (including phenoxy) is 1. The fourth-order valence-corrected chi connectivity index (χ4v) is 2.31. The van der Waals surface area contributed by atoms with Crippen LogP contribution in [0.3, 0.4) is 0 Å². The van der Waals surface area contributed by atoms with Crippen molar-refractivity contribution in [3.63, 3.8) is 0 Å². The van der Waals surface area contributed by atoms with Crippen molar-refractivity contribution in [1.29, 1.82) is 0 Å². The van der Waals surface area contributed by atoms with Crippen LogP contribution in [0.15, 0.2) is 59.0 Å². The van der Waals surface area contributed by atoms with Crippen molar-refractivity contribution < 1.29 is 13.9 Å². The van der Waals surface area contributed by atoms with Gasteiger partial charge in [0, 0.05) is 13.6 Å². The first kappa shape index (κ1) is 15.2. The molecule has 0 aliphatic carbocycles. The predicted molar refractivity (Wildman–Crippen MR) is 89.6 cm³/mol. The fraction of sp³-hybridized carbons (Fsp3) is 0.211. The Morgan fingerprint density at radius 3 is 2.65 bits per heavy atom. The number of benzene rings is 2. The highest BCUT2D eigenvalue weighted by atomic mass is 16.5. The van der Waals surface area contributed by atoms with Gasteiger partial charge in [-0.25, -0.2) is 0 Å². The zero-order valence-electron chi connectivity index (χ0n) is 13.3. The summed E-state index contributed by atoms with van der Waals surface area (Å²) in [6, 6.07) is 17.5. The monoisotopic (exact) mass is 309 g/mol. The molecule has 0 fully saturated rings. The van der Waals surface area contributed by atoms with Crippen molar-refractivity contribution in [3.05, 3.63) is 66.1 Å². The Bertz CT molecular complexity index is 822. The molecule has 0 N–H and O–H groups in total. The van der Waals surface area contributed by atoms with E-state index < -0.39 is 0 Å². The molecular weight excluding hydrogens is 290 g/mol. The van der Waals surface area contributed by atoms with E-state index in [4.69, 9.17) is 9.15 Å². The van der Waals surface area contributed by atoms with Crippen LogP contribution in [0.2, 0.25) is 0 Å². The van der Waals surface area contributed by atoms with E-state index in [-0.39, 0.29) is 5.91 Å². The molecule has 0 aliphatic rings. The summed E-state index contributed by atoms with van der Waals surface area (Å²) >= 11 is 0. The van der Waals surface area contributed by atoms with E-state index in [2.05, 4.69) is 6.07 Å². The van der Waals surface area contributed by atoms with E-state index >= 15 is 0 Å². The van der Waals surface area contributed by atoms with E-state index in [1.807, 2.05) is 43.3 Å². The van der Waals surface area contributed by atoms with Gasteiger partial charge < -0.3 is 14.1 Å². The van der Waals surface area contributed by atoms with Crippen LogP contribution >= 0.6 is 0 Å². The molecule has 3 aromatic rings. The van der Waals surface area contributed by atoms with Crippen LogP contribution in [-0.4, -0.2) is 24.4 Å². The Hall–Kier alpha value is -2.75. The van der Waals surface area contributed by atoms with Crippen molar-refractivity contribution in [1.82, 2.24) is 4.90 Å². The zero-order valence-corrected chi connectivity index (χ0v) is 13.3. The van der Waals surface area contributed by atoms with E-state index in [0.717, 1.165) is 11.1 Å². The number of hydrogen-bond acceptors (Lipinski definition) is 3. The number of carbonyl (C=O) groups is 1. The molecule has 0 aliphatic heterocycles. The third-order valence-corrected chi connectivity index (χ3v) is 3.80. The number of rotatable bonds is 5. The lowest BCUT2D eigenvalue weighted by Gasteiger charge is -2.11. The number of fused-ring (bicyclic) bond motifs is 1. The molecule has 0 saturated heterocycles. The van der Waals surface area contributed by atoms with Crippen LogP contribution in [0, 0.1) is 0 Å². The third kappa shape index (κ3) is 3.37. The van der Waals surface area contributed by atoms with Gasteiger partial charge in [-0.1, -0.05) is 30.3 Å². The van der Waals surface area contributed by atoms with Crippen molar-refractivity contribution in [3.8, 4) is 5.75 Å². The first-order chi connectivity index (χ1) is 11.2. The van der Waals surface area contributed by atoms with Gasteiger partial charge in [0.1, 0.15) is 18.1 Å². The number of amides is 1. The Balaban J connectivity index is 1.68. The molecule has 0 unspecified atom stereocenters. The first-order valence-electron chi connectivity index (χ1n) is 7.63. The maximum absolute atomic E-state index is 12.0. The largest absolute Gasteiger partial charge is 0.486 e. The highest BCUT2D eigenvalue weighted by Crippen LogP contribution is 2.21. The molecule has 0 saturated carbocycles. The SMILES string of the molecule is CCN(C)C(=O)c1ccc(COc2ccc3ccccc3c2)o1. The Morgan fingerprint density at radius 2 is 1.87 bits per heavy atom. The van der Waals surface area contributed by atoms with Gasteiger partial charge in [0.2, 0.25) is 0 Å². The summed E-state index contributed by atoms with van der Waals surface area (Å²) in [7, 11) is 1.75. The van der Waals surface area contributed by atoms with Gasteiger partial charge >= 0.3 is 0 Å². The molecule has 0 atom stereocenters. The van der Waals surface area contributed by atoms with Crippen molar-refractivity contribution in [2.45, 2.75) is 13.5 Å². The fourth-order valence-electron chi connectivity index (χ4n) is 2.31. The lowest BCUT2D eigenvalue weighted by molar-refractivity contribution is 0.0767. The first-order valence-corrected chi connectivity index (χ1v) is 7.63. The van der Waals surface area contributed by atoms with Crippen LogP contribution in [0.25, 0.3) is 10.8 Å². The molecule has 0 spiro atoms. The second-order valence-electron chi connectivity index (χ2n) is 5.38. The standard InChI is InChI=1S/C19H19NO3/c1-3-20(2)19(21)18-11-10-17(23-18)13-22-16-9-8-14-6-4-5-7-15(14)12-16/h4-12H,3,13H2,1-2H3. The maximum atomic E-state index is 12.0. The summed E-state index contributed by atoms with van der Waals surface area (Å²) in [5, 5.41) is 2.30. The third-order valence-electron chi connectivity index (χ3n) is 3.80. The van der Waals surface area contributed by atoms with Gasteiger partial charge in [-0.3, -0.25) is 4.79 Å². The lowest BCUT2D eigenvalue weighted by atomic mass is 10.1. The summed E-state index contributed by atoms with van der Waals surface area (Å²) in [5.41, 5.74) is 0. The van der Waals surface area contributed by atoms with Crippen LogP contribution in [0.4, 0.5) is 0 Å². The number of carbonyl (C=O) groups excluding carboxylic acids is 1. The molecule has 1 amide bonds. The average molecular weight is 309 g/mol. The molecular formula is C19H19NO3. The summed E-state index contributed by atoms with van der Waals surface area (Å²) in [5.74, 6) is 1.63. The molecule has 2 aromatic carbocycles. The topological polar surface area (TPSA) is 42.7 Å². The molecule has 3 rings (SSSR count). The summed E-state index contributed by atoms with van der Waals surface area (Å²) in [6.45, 7) is 2.86. The minimum absolute atomic E-state index is 0.121. The van der Waals surface area contributed by atoms with Gasteiger partial charge in [0.25, 0.3) is 5.91 Å². The van der Waals surface area contributed by atoms with Crippen molar-refractivity contribution >= 4 is 16.7 Å². The van der Waals surface area contributed by atoms with E-state index in [9.17, 15) is 4.79 Å². The van der Waals surface area contributed by atoms with Crippen molar-refractivity contribution in [2.24, 2.45) is 0 Å². The van der Waals surface area contributed by atoms with Crippen LogP contribution in [0.5, 0.6) is 5.75 Å². The van der Waals surface area contributed by atoms with Crippen LogP contribution in [-0.2, 0) is 6.61 Å². The predicted octanol–water partition coefficient (Wildman–Crippen LogP) is 4.10. The summed E-state index contributed by atoms with van der Waals surface area (Å²) in [4.78, 5) is 13.6. The van der Waals surface area contributed by atoms with E-state index in [1.165, 1.54) is 5.39 Å². The minimum atomic E-state index is -0.121. The second kappa shape index (κ2) is 6.57. The lowest BCUT2D eigenvalue weighted by Crippen LogP contribution is -2.25. The molecule has 0 radical (unpaired) electrons. The Kier molecular flexibility index (Phi) is 4.33. The van der Waals surface area contributed by atoms with Gasteiger partial charge in [-0.2, -0.15) is 0 Å². The van der Waals surface area contributed by atoms with Crippen LogP contribution in [0.1, 0.15) is 23.2 Å². The molecule has 23 heavy (non-hydrogen) atoms. The minimum Gasteiger partial charge on any atom is -0.486 e. The molecule has 4 heteroatoms. The summed E-state index contributed by atoms with van der Waals surface area (Å²) < 4.78 is 11.3. The van der Waals surface area contributed by atoms with Gasteiger partial charge in [0.05, 0.1) is 0 Å². The molecule has 118 valence electrons. The highest BCUT2D eigenvalue weighted by molar-refractivity contribution is 5.91. The smallest absolute Gasteiger partial charge is 0.289 e. The molecule has 4 nitrogen and oxygen atoms in total. The Morgan fingerprint density at radius 1 is 1.09 bits per heavy atom. The number of furan rings is 1. The normalized spacial score (nSPS) is 10.7. The van der Waals surface area contributed by atoms with Crippen LogP contribution < -0.4 is 4.74 Å². The summed E-state index contributed by atoms with van der Waals surface area (Å²) in [6.07, 6.45) is 0. The Labute approximate surface area is 135 Å². The highest BCUT2D eigenvalue weighted by Gasteiger charge is 2.14. The maximum Gasteiger partial charge on any atom is 0.289 e. The quantitative estimate of drug-likeness (QED) is 0.712. The van der Waals surface area contributed by atoms with E-state index in [1.54, 1.807) is 24.1 Å². The average Bonchev–Trinajstić information content (AvgIpc) is 3.07. The van der Waals surface area contributed by atoms with Gasteiger partial charge in [-0.15, -0.1) is 0 Å². The number of hydrogen-bond donors (Lipinski definition) is 0. The van der Waals surface area contributed by atoms with Gasteiger partial charge in [0.15, 0.2) is 5.76 Å². The molecule has 1 aromatic heterocycles. The van der Waals surface area contributed by atoms with E-state index in [0.29, 0.717) is 24.7 Å². The van der Waals surface area contributed by atoms with Gasteiger partial charge in [-0.05, 0) is 42.0 Å². The van der Waals surface area contributed by atoms with Crippen molar-refractivity contribution in [2.75, 3.05) is 13.6 Å². The zero-order chi connectivity index (χ0) is 16.2. The second-order valence-corrected chi connectivity index (χ2v) is 5.38. The molecule has 0 bridgehead atoms. The number of nitrogens with zero attached hydrogens (tertiary/aromatic N) is 1. The molecule has 1 heterocycles.